The fraction of sp³-hybridized carbons (Fsp3) is 0.538. The summed E-state index contributed by atoms with van der Waals surface area (Å²) >= 11 is 3.20. The maximum Gasteiger partial charge on any atom is 0.478 e. The number of rotatable bonds is 4. The van der Waals surface area contributed by atoms with Crippen LogP contribution in [0.3, 0.4) is 0 Å². The van der Waals surface area contributed by atoms with E-state index in [0.717, 1.165) is 6.92 Å². The molecule has 0 saturated carbocycles. The Balaban J connectivity index is 1.60. The van der Waals surface area contributed by atoms with Crippen molar-refractivity contribution in [2.75, 3.05) is 19.1 Å². The predicted octanol–water partition coefficient (Wildman–Crippen LogP) is -0.217. The number of aromatic amines is 1. The number of ether oxygens (including phenoxy) is 2. The van der Waals surface area contributed by atoms with Crippen molar-refractivity contribution < 1.29 is 37.5 Å². The Hall–Kier alpha value is -1.87. The van der Waals surface area contributed by atoms with Gasteiger partial charge in [0.05, 0.1) is 6.61 Å². The molecule has 0 aliphatic carbocycles. The number of nitrogens with one attached hydrogen (secondary N) is 1. The number of fused-ring (bicyclic) bond motifs is 2. The zero-order chi connectivity index (χ0) is 20.9. The summed E-state index contributed by atoms with van der Waals surface area (Å²) in [7, 11) is -4.10. The molecule has 2 fully saturated rings. The molecule has 0 radical (unpaired) electrons. The first-order valence-corrected chi connectivity index (χ1v) is 10.4. The van der Waals surface area contributed by atoms with Crippen LogP contribution in [0.4, 0.5) is 5.95 Å². The molecule has 2 aliphatic heterocycles. The molecule has 4 N–H and O–H groups in total. The smallest absolute Gasteiger partial charge is 0.438 e. The third kappa shape index (κ3) is 3.70. The van der Waals surface area contributed by atoms with Crippen LogP contribution in [0.2, 0.25) is 0 Å². The predicted molar refractivity (Wildman–Crippen MR) is 96.3 cm³/mol. The van der Waals surface area contributed by atoms with Crippen molar-refractivity contribution in [2.24, 2.45) is 0 Å². The lowest BCUT2D eigenvalue weighted by Gasteiger charge is -2.30. The van der Waals surface area contributed by atoms with E-state index >= 15 is 0 Å². The minimum absolute atomic E-state index is 0.0238. The number of esters is 1. The van der Waals surface area contributed by atoms with E-state index < -0.39 is 50.7 Å². The number of aromatic nitrogens is 4. The van der Waals surface area contributed by atoms with Crippen molar-refractivity contribution in [3.05, 3.63) is 15.1 Å². The Morgan fingerprint density at radius 2 is 2.28 bits per heavy atom. The number of hydrogen-bond donors (Lipinski definition) is 3. The van der Waals surface area contributed by atoms with Crippen LogP contribution < -0.4 is 11.3 Å². The molecule has 16 heteroatoms. The molecular weight excluding hydrogens is 481 g/mol. The number of nitrogen functional groups attached to an aromatic ring is 1. The van der Waals surface area contributed by atoms with Gasteiger partial charge in [-0.2, -0.15) is 4.98 Å². The minimum atomic E-state index is -4.10. The number of anilines is 1. The Morgan fingerprint density at radius 3 is 3.00 bits per heavy atom. The molecule has 29 heavy (non-hydrogen) atoms. The SMILES string of the molecule is CC(=O)OCOP1(=O)OC[C@@H]2O[C@@H](n3c(Br)nc4c(=O)[nH]c(N)nc43)[C@H](O)[C@@H]2O1. The van der Waals surface area contributed by atoms with Gasteiger partial charge in [0.1, 0.15) is 18.3 Å². The summed E-state index contributed by atoms with van der Waals surface area (Å²) < 4.78 is 39.6. The van der Waals surface area contributed by atoms with Crippen LogP contribution in [0.1, 0.15) is 13.2 Å². The van der Waals surface area contributed by atoms with Crippen LogP contribution in [0, 0.1) is 0 Å². The molecular formula is C13H15BrN5O9P. The Morgan fingerprint density at radius 1 is 1.52 bits per heavy atom. The molecule has 1 unspecified atom stereocenters. The lowest BCUT2D eigenvalue weighted by atomic mass is 10.1. The molecule has 158 valence electrons. The number of halogens is 1. The van der Waals surface area contributed by atoms with Gasteiger partial charge in [-0.1, -0.05) is 0 Å². The molecule has 0 spiro atoms. The van der Waals surface area contributed by atoms with Crippen LogP contribution in [0.25, 0.3) is 11.2 Å². The summed E-state index contributed by atoms with van der Waals surface area (Å²) in [6, 6.07) is 0. The van der Waals surface area contributed by atoms with Gasteiger partial charge in [0, 0.05) is 6.92 Å². The molecule has 4 heterocycles. The molecule has 4 rings (SSSR count). The summed E-state index contributed by atoms with van der Waals surface area (Å²) in [6.07, 6.45) is -4.37. The summed E-state index contributed by atoms with van der Waals surface area (Å²) in [5, 5.41) is 10.7. The number of nitrogens with two attached hydrogens (primary N) is 1. The van der Waals surface area contributed by atoms with Gasteiger partial charge in [0.25, 0.3) is 5.56 Å². The molecule has 0 bridgehead atoms. The number of aliphatic hydroxyl groups is 1. The number of nitrogens with zero attached hydrogens (tertiary/aromatic N) is 3. The van der Waals surface area contributed by atoms with Crippen LogP contribution in [0.15, 0.2) is 9.53 Å². The Bertz CT molecular complexity index is 1070. The Labute approximate surface area is 170 Å². The second-order valence-corrected chi connectivity index (χ2v) is 8.46. The van der Waals surface area contributed by atoms with Crippen molar-refractivity contribution in [1.82, 2.24) is 19.5 Å². The van der Waals surface area contributed by atoms with Gasteiger partial charge in [-0.25, -0.2) is 14.1 Å². The lowest BCUT2D eigenvalue weighted by Crippen LogP contribution is -2.39. The highest BCUT2D eigenvalue weighted by Crippen LogP contribution is 2.56. The summed E-state index contributed by atoms with van der Waals surface area (Å²) in [4.78, 5) is 33.3. The van der Waals surface area contributed by atoms with Gasteiger partial charge < -0.3 is 20.3 Å². The van der Waals surface area contributed by atoms with E-state index in [4.69, 9.17) is 24.0 Å². The Kier molecular flexibility index (Phi) is 5.23. The van der Waals surface area contributed by atoms with E-state index in [0.29, 0.717) is 0 Å². The highest BCUT2D eigenvalue weighted by atomic mass is 79.9. The minimum Gasteiger partial charge on any atom is -0.438 e. The van der Waals surface area contributed by atoms with Crippen molar-refractivity contribution in [2.45, 2.75) is 31.5 Å². The standard InChI is InChI=1S/C13H15BrN5O9P/c1-4(20)24-3-26-29(23)25-2-5-8(28-29)7(21)11(27-5)19-9-6(16-12(19)14)10(22)18-13(15)17-9/h5,7-8,11,21H,2-3H2,1H3,(H3,15,17,18,22)/t5-,7+,8+,11+,29?/m0/s1. The van der Waals surface area contributed by atoms with Crippen molar-refractivity contribution in [3.8, 4) is 0 Å². The normalized spacial score (nSPS) is 31.7. The highest BCUT2D eigenvalue weighted by molar-refractivity contribution is 9.10. The van der Waals surface area contributed by atoms with Crippen LogP contribution in [-0.4, -0.2) is 62.3 Å². The molecule has 0 amide bonds. The van der Waals surface area contributed by atoms with Gasteiger partial charge >= 0.3 is 13.8 Å². The number of carbonyl (C=O) groups is 1. The lowest BCUT2D eigenvalue weighted by molar-refractivity contribution is -0.150. The van der Waals surface area contributed by atoms with E-state index in [9.17, 15) is 19.3 Å². The quantitative estimate of drug-likeness (QED) is 0.219. The van der Waals surface area contributed by atoms with Gasteiger partial charge in [-0.15, -0.1) is 0 Å². The molecule has 2 aromatic heterocycles. The third-order valence-electron chi connectivity index (χ3n) is 4.21. The van der Waals surface area contributed by atoms with Crippen LogP contribution in [0.5, 0.6) is 0 Å². The average Bonchev–Trinajstić information content (AvgIpc) is 3.11. The van der Waals surface area contributed by atoms with Gasteiger partial charge in [0.2, 0.25) is 12.7 Å². The molecule has 2 aliphatic rings. The number of H-pyrrole nitrogens is 1. The molecule has 2 saturated heterocycles. The zero-order valence-electron chi connectivity index (χ0n) is 14.7. The maximum absolute atomic E-state index is 12.5. The average molecular weight is 496 g/mol. The molecule has 5 atom stereocenters. The maximum atomic E-state index is 12.5. The molecule has 14 nitrogen and oxygen atoms in total. The number of imidazole rings is 1. The monoisotopic (exact) mass is 495 g/mol. The van der Waals surface area contributed by atoms with E-state index in [-0.39, 0.29) is 28.5 Å². The highest BCUT2D eigenvalue weighted by Gasteiger charge is 2.54. The van der Waals surface area contributed by atoms with Gasteiger partial charge in [-0.3, -0.25) is 28.2 Å². The number of carbonyl (C=O) groups excluding carboxylic acids is 1. The number of phosphoric acid groups is 1. The summed E-state index contributed by atoms with van der Waals surface area (Å²) in [6.45, 7) is 0.278. The fourth-order valence-corrected chi connectivity index (χ4v) is 4.80. The molecule has 0 aromatic carbocycles. The summed E-state index contributed by atoms with van der Waals surface area (Å²) in [5.41, 5.74) is 5.07. The first-order valence-electron chi connectivity index (χ1n) is 8.16. The third-order valence-corrected chi connectivity index (χ3v) is 6.16. The van der Waals surface area contributed by atoms with Gasteiger partial charge in [-0.05, 0) is 15.9 Å². The fourth-order valence-electron chi connectivity index (χ4n) is 2.98. The number of aliphatic hydroxyl groups excluding tert-OH is 1. The van der Waals surface area contributed by atoms with Crippen molar-refractivity contribution >= 4 is 46.8 Å². The largest absolute Gasteiger partial charge is 0.478 e. The number of phosphoric ester groups is 1. The zero-order valence-corrected chi connectivity index (χ0v) is 17.2. The van der Waals surface area contributed by atoms with Crippen LogP contribution >= 0.6 is 23.8 Å². The topological polar surface area (TPSA) is 190 Å². The van der Waals surface area contributed by atoms with E-state index in [1.54, 1.807) is 0 Å². The van der Waals surface area contributed by atoms with Crippen molar-refractivity contribution in [1.29, 1.82) is 0 Å². The van der Waals surface area contributed by atoms with Crippen molar-refractivity contribution in [3.63, 3.8) is 0 Å². The summed E-state index contributed by atoms with van der Waals surface area (Å²) in [5.74, 6) is -0.793. The van der Waals surface area contributed by atoms with E-state index in [1.807, 2.05) is 0 Å². The second-order valence-electron chi connectivity index (χ2n) is 6.13. The van der Waals surface area contributed by atoms with Gasteiger partial charge in [0.15, 0.2) is 22.1 Å². The molecule has 2 aromatic rings. The van der Waals surface area contributed by atoms with E-state index in [2.05, 4.69) is 35.6 Å². The number of hydrogen-bond acceptors (Lipinski definition) is 12. The van der Waals surface area contributed by atoms with E-state index in [1.165, 1.54) is 4.57 Å². The second kappa shape index (κ2) is 7.43. The van der Waals surface area contributed by atoms with Crippen LogP contribution in [-0.2, 0) is 32.4 Å². The first kappa shape index (κ1) is 20.4. The first-order chi connectivity index (χ1) is 13.7.